The fourth-order valence-electron chi connectivity index (χ4n) is 1.96. The molecule has 0 bridgehead atoms. The van der Waals surface area contributed by atoms with Crippen molar-refractivity contribution in [2.24, 2.45) is 0 Å². The van der Waals surface area contributed by atoms with Crippen LogP contribution in [0.4, 0.5) is 18.9 Å². The third-order valence-electron chi connectivity index (χ3n) is 3.10. The number of nitrogens with one attached hydrogen (secondary N) is 1. The average molecular weight is 357 g/mol. The first-order chi connectivity index (χ1) is 11.3. The summed E-state index contributed by atoms with van der Waals surface area (Å²) in [6, 6.07) is 4.45. The fourth-order valence-corrected chi connectivity index (χ4v) is 2.84. The Kier molecular flexibility index (Phi) is 3.87. The topological polar surface area (TPSA) is 81.4 Å². The smallest absolute Gasteiger partial charge is 0.471 e. The van der Waals surface area contributed by atoms with Crippen molar-refractivity contribution in [2.75, 3.05) is 12.4 Å². The summed E-state index contributed by atoms with van der Waals surface area (Å²) in [5, 5.41) is 14.4. The van der Waals surface area contributed by atoms with Crippen LogP contribution in [0.3, 0.4) is 0 Å². The Morgan fingerprint density at radius 1 is 1.33 bits per heavy atom. The number of aryl methyl sites for hydroxylation is 1. The second-order valence-corrected chi connectivity index (χ2v) is 5.67. The van der Waals surface area contributed by atoms with Crippen LogP contribution in [-0.4, -0.2) is 39.0 Å². The molecule has 0 aliphatic rings. The van der Waals surface area contributed by atoms with Crippen molar-refractivity contribution in [1.82, 2.24) is 19.8 Å². The molecule has 0 aliphatic carbocycles. The van der Waals surface area contributed by atoms with E-state index in [0.717, 1.165) is 0 Å². The van der Waals surface area contributed by atoms with Crippen molar-refractivity contribution < 1.29 is 22.7 Å². The highest BCUT2D eigenvalue weighted by molar-refractivity contribution is 7.19. The van der Waals surface area contributed by atoms with Gasteiger partial charge in [-0.25, -0.2) is 0 Å². The molecular weight excluding hydrogens is 347 g/mol. The number of fused-ring (bicyclic) bond motifs is 1. The van der Waals surface area contributed by atoms with Crippen molar-refractivity contribution in [3.8, 4) is 16.3 Å². The molecule has 2 heterocycles. The van der Waals surface area contributed by atoms with Gasteiger partial charge in [-0.2, -0.15) is 22.8 Å². The second-order valence-electron chi connectivity index (χ2n) is 4.72. The van der Waals surface area contributed by atoms with Gasteiger partial charge in [0, 0.05) is 5.56 Å². The molecule has 11 heteroatoms. The van der Waals surface area contributed by atoms with Crippen LogP contribution in [-0.2, 0) is 4.79 Å². The van der Waals surface area contributed by atoms with Gasteiger partial charge in [0.2, 0.25) is 4.96 Å². The Balaban J connectivity index is 2.00. The lowest BCUT2D eigenvalue weighted by Gasteiger charge is -2.12. The SMILES string of the molecule is COc1ccc(-c2nn3c(C)nnc3s2)cc1NC(=O)C(F)(F)F. The Labute approximate surface area is 137 Å². The molecule has 2 aromatic heterocycles. The molecule has 126 valence electrons. The van der Waals surface area contributed by atoms with Crippen LogP contribution >= 0.6 is 11.3 Å². The maximum Gasteiger partial charge on any atom is 0.471 e. The summed E-state index contributed by atoms with van der Waals surface area (Å²) in [7, 11) is 1.30. The summed E-state index contributed by atoms with van der Waals surface area (Å²) in [4.78, 5) is 11.7. The number of hydrogen-bond acceptors (Lipinski definition) is 6. The second kappa shape index (κ2) is 5.74. The molecule has 0 spiro atoms. The van der Waals surface area contributed by atoms with Gasteiger partial charge >= 0.3 is 12.1 Å². The van der Waals surface area contributed by atoms with E-state index >= 15 is 0 Å². The molecule has 1 aromatic carbocycles. The maximum atomic E-state index is 12.5. The molecule has 1 amide bonds. The van der Waals surface area contributed by atoms with Crippen LogP contribution in [0.5, 0.6) is 5.75 Å². The first-order valence-corrected chi connectivity index (χ1v) is 7.36. The van der Waals surface area contributed by atoms with Crippen molar-refractivity contribution in [1.29, 1.82) is 0 Å². The van der Waals surface area contributed by atoms with E-state index in [-0.39, 0.29) is 11.4 Å². The number of nitrogens with zero attached hydrogens (tertiary/aromatic N) is 4. The summed E-state index contributed by atoms with van der Waals surface area (Å²) < 4.78 is 43.9. The standard InChI is InChI=1S/C13H10F3N5O2S/c1-6-18-19-12-21(6)20-10(24-12)7-3-4-9(23-2)8(5-7)17-11(22)13(14,15)16/h3-5H,1-2H3,(H,17,22). The molecule has 0 atom stereocenters. The first-order valence-electron chi connectivity index (χ1n) is 6.55. The van der Waals surface area contributed by atoms with Gasteiger partial charge in [-0.15, -0.1) is 10.2 Å². The van der Waals surface area contributed by atoms with E-state index in [9.17, 15) is 18.0 Å². The van der Waals surface area contributed by atoms with Crippen LogP contribution < -0.4 is 10.1 Å². The molecule has 7 nitrogen and oxygen atoms in total. The van der Waals surface area contributed by atoms with Crippen LogP contribution in [0.15, 0.2) is 18.2 Å². The average Bonchev–Trinajstić information content (AvgIpc) is 3.09. The third-order valence-corrected chi connectivity index (χ3v) is 4.05. The summed E-state index contributed by atoms with van der Waals surface area (Å²) in [5.41, 5.74) is 0.420. The third kappa shape index (κ3) is 2.89. The van der Waals surface area contributed by atoms with Gasteiger partial charge in [0.15, 0.2) is 5.82 Å². The minimum absolute atomic E-state index is 0.0972. The fraction of sp³-hybridized carbons (Fsp3) is 0.231. The summed E-state index contributed by atoms with van der Waals surface area (Å²) in [6.45, 7) is 1.73. The zero-order valence-electron chi connectivity index (χ0n) is 12.4. The number of amides is 1. The highest BCUT2D eigenvalue weighted by Crippen LogP contribution is 2.33. The van der Waals surface area contributed by atoms with Gasteiger partial charge < -0.3 is 10.1 Å². The predicted molar refractivity (Wildman–Crippen MR) is 80.1 cm³/mol. The quantitative estimate of drug-likeness (QED) is 0.779. The van der Waals surface area contributed by atoms with E-state index in [1.54, 1.807) is 18.3 Å². The summed E-state index contributed by atoms with van der Waals surface area (Å²) in [6.07, 6.45) is -4.99. The molecule has 0 saturated heterocycles. The molecule has 0 aliphatic heterocycles. The lowest BCUT2D eigenvalue weighted by Crippen LogP contribution is -2.30. The van der Waals surface area contributed by atoms with E-state index in [2.05, 4.69) is 15.3 Å². The van der Waals surface area contributed by atoms with Gasteiger partial charge in [0.05, 0.1) is 12.8 Å². The Morgan fingerprint density at radius 3 is 2.71 bits per heavy atom. The Bertz CT molecular complexity index is 918. The number of aromatic nitrogens is 4. The van der Waals surface area contributed by atoms with Crippen molar-refractivity contribution in [3.63, 3.8) is 0 Å². The molecule has 0 unspecified atom stereocenters. The molecule has 3 rings (SSSR count). The number of halogens is 3. The van der Waals surface area contributed by atoms with E-state index in [1.165, 1.54) is 35.1 Å². The number of methoxy groups -OCH3 is 1. The van der Waals surface area contributed by atoms with Gasteiger partial charge in [-0.1, -0.05) is 11.3 Å². The highest BCUT2D eigenvalue weighted by atomic mass is 32.1. The normalized spacial score (nSPS) is 11.7. The number of carbonyl (C=O) groups excluding carboxylic acids is 1. The van der Waals surface area contributed by atoms with Crippen LogP contribution in [0.2, 0.25) is 0 Å². The molecule has 0 saturated carbocycles. The number of benzene rings is 1. The maximum absolute atomic E-state index is 12.5. The Morgan fingerprint density at radius 2 is 2.08 bits per heavy atom. The highest BCUT2D eigenvalue weighted by Gasteiger charge is 2.39. The zero-order chi connectivity index (χ0) is 17.5. The minimum Gasteiger partial charge on any atom is -0.495 e. The number of rotatable bonds is 3. The van der Waals surface area contributed by atoms with Gasteiger partial charge in [-0.3, -0.25) is 4.79 Å². The van der Waals surface area contributed by atoms with Crippen molar-refractivity contribution in [2.45, 2.75) is 13.1 Å². The molecular formula is C13H10F3N5O2S. The predicted octanol–water partition coefficient (Wildman–Crippen LogP) is 2.67. The van der Waals surface area contributed by atoms with Gasteiger partial charge in [0.25, 0.3) is 0 Å². The van der Waals surface area contributed by atoms with E-state index in [4.69, 9.17) is 4.74 Å². The zero-order valence-corrected chi connectivity index (χ0v) is 13.2. The van der Waals surface area contributed by atoms with Gasteiger partial charge in [0.1, 0.15) is 10.8 Å². The van der Waals surface area contributed by atoms with E-state index in [0.29, 0.717) is 21.4 Å². The number of alkyl halides is 3. The molecule has 3 aromatic rings. The van der Waals surface area contributed by atoms with Crippen molar-refractivity contribution in [3.05, 3.63) is 24.0 Å². The van der Waals surface area contributed by atoms with E-state index in [1.807, 2.05) is 0 Å². The Hall–Kier alpha value is -2.69. The lowest BCUT2D eigenvalue weighted by atomic mass is 10.2. The largest absolute Gasteiger partial charge is 0.495 e. The minimum atomic E-state index is -4.99. The number of hydrogen-bond donors (Lipinski definition) is 1. The molecule has 0 fully saturated rings. The number of anilines is 1. The number of ether oxygens (including phenoxy) is 1. The molecule has 1 N–H and O–H groups in total. The summed E-state index contributed by atoms with van der Waals surface area (Å²) in [5.74, 6) is -1.38. The first kappa shape index (κ1) is 16.2. The van der Waals surface area contributed by atoms with Crippen LogP contribution in [0, 0.1) is 6.92 Å². The monoisotopic (exact) mass is 357 g/mol. The van der Waals surface area contributed by atoms with Crippen molar-refractivity contribution >= 4 is 27.9 Å². The molecule has 24 heavy (non-hydrogen) atoms. The lowest BCUT2D eigenvalue weighted by molar-refractivity contribution is -0.167. The van der Waals surface area contributed by atoms with E-state index < -0.39 is 12.1 Å². The summed E-state index contributed by atoms with van der Waals surface area (Å²) >= 11 is 1.22. The van der Waals surface area contributed by atoms with Crippen LogP contribution in [0.25, 0.3) is 15.5 Å². The van der Waals surface area contributed by atoms with Crippen LogP contribution in [0.1, 0.15) is 5.82 Å². The van der Waals surface area contributed by atoms with Gasteiger partial charge in [-0.05, 0) is 25.1 Å². The molecule has 0 radical (unpaired) electrons. The number of carbonyl (C=O) groups is 1.